The van der Waals surface area contributed by atoms with Crippen LogP contribution in [0.25, 0.3) is 44.1 Å². The van der Waals surface area contributed by atoms with Crippen molar-refractivity contribution >= 4 is 39.2 Å². The van der Waals surface area contributed by atoms with Crippen molar-refractivity contribution in [1.29, 1.82) is 0 Å². The maximum absolute atomic E-state index is 6.74. The summed E-state index contributed by atoms with van der Waals surface area (Å²) in [5.41, 5.74) is 6.77. The van der Waals surface area contributed by atoms with Crippen LogP contribution in [0.2, 0.25) is 5.02 Å². The Morgan fingerprint density at radius 3 is 2.50 bits per heavy atom. The van der Waals surface area contributed by atoms with E-state index in [0.717, 1.165) is 44.0 Å². The quantitative estimate of drug-likeness (QED) is 0.388. The smallest absolute Gasteiger partial charge is 0.108 e. The molecule has 140 valence electrons. The number of aryl methyl sites for hydroxylation is 1. The molecule has 0 radical (unpaired) electrons. The number of anilines is 1. The summed E-state index contributed by atoms with van der Waals surface area (Å²) >= 11 is 6.74. The topological polar surface area (TPSA) is 39.8 Å². The van der Waals surface area contributed by atoms with E-state index in [9.17, 15) is 0 Å². The minimum absolute atomic E-state index is 0.754. The lowest BCUT2D eigenvalue weighted by Gasteiger charge is -2.12. The van der Waals surface area contributed by atoms with Gasteiger partial charge >= 0.3 is 0 Å². The van der Waals surface area contributed by atoms with Crippen LogP contribution in [-0.4, -0.2) is 28.6 Å². The molecule has 5 heteroatoms. The average Bonchev–Trinajstić information content (AvgIpc) is 3.38. The molecule has 0 aliphatic rings. The van der Waals surface area contributed by atoms with Crippen LogP contribution < -0.4 is 4.90 Å². The van der Waals surface area contributed by atoms with Crippen LogP contribution in [0.5, 0.6) is 0 Å². The highest BCUT2D eigenvalue weighted by Crippen LogP contribution is 2.43. The van der Waals surface area contributed by atoms with Crippen molar-refractivity contribution in [3.05, 3.63) is 66.1 Å². The van der Waals surface area contributed by atoms with Gasteiger partial charge in [-0.2, -0.15) is 0 Å². The maximum atomic E-state index is 6.74. The van der Waals surface area contributed by atoms with Crippen LogP contribution in [0.4, 0.5) is 5.82 Å². The van der Waals surface area contributed by atoms with Crippen LogP contribution >= 0.6 is 11.6 Å². The number of aromatic amines is 2. The highest BCUT2D eigenvalue weighted by Gasteiger charge is 2.19. The third-order valence-corrected chi connectivity index (χ3v) is 5.82. The molecule has 0 fully saturated rings. The third-order valence-electron chi connectivity index (χ3n) is 5.50. The number of aromatic nitrogens is 3. The Balaban J connectivity index is 1.80. The summed E-state index contributed by atoms with van der Waals surface area (Å²) in [6.45, 7) is 0. The van der Waals surface area contributed by atoms with Crippen LogP contribution in [0, 0.1) is 0 Å². The lowest BCUT2D eigenvalue weighted by molar-refractivity contribution is 0.916. The van der Waals surface area contributed by atoms with Gasteiger partial charge in [0.05, 0.1) is 5.52 Å². The second-order valence-electron chi connectivity index (χ2n) is 7.34. The molecule has 2 aromatic carbocycles. The van der Waals surface area contributed by atoms with Crippen molar-refractivity contribution in [2.45, 2.75) is 0 Å². The Bertz CT molecular complexity index is 1320. The molecule has 28 heavy (non-hydrogen) atoms. The number of hydrogen-bond donors (Lipinski definition) is 2. The Kier molecular flexibility index (Phi) is 3.78. The second-order valence-corrected chi connectivity index (χ2v) is 7.75. The van der Waals surface area contributed by atoms with Crippen LogP contribution in [0.1, 0.15) is 0 Å². The third kappa shape index (κ3) is 2.38. The molecule has 0 atom stereocenters. The van der Waals surface area contributed by atoms with Crippen LogP contribution in [-0.2, 0) is 7.05 Å². The van der Waals surface area contributed by atoms with E-state index >= 15 is 0 Å². The van der Waals surface area contributed by atoms with Gasteiger partial charge < -0.3 is 19.4 Å². The maximum Gasteiger partial charge on any atom is 0.108 e. The fraction of sp³-hybridized carbons (Fsp3) is 0.130. The number of nitrogens with one attached hydrogen (secondary N) is 2. The molecule has 2 N–H and O–H groups in total. The van der Waals surface area contributed by atoms with Gasteiger partial charge in [-0.15, -0.1) is 0 Å². The number of H-pyrrole nitrogens is 2. The van der Waals surface area contributed by atoms with E-state index in [-0.39, 0.29) is 0 Å². The zero-order valence-corrected chi connectivity index (χ0v) is 16.8. The SMILES string of the molecule is CN(C)c1cc2c(-c3c[nH]cc3-c3c[nH]c4ccccc34)c(Cl)ccc2n1C. The summed E-state index contributed by atoms with van der Waals surface area (Å²) in [7, 11) is 6.21. The molecule has 0 amide bonds. The predicted octanol–water partition coefficient (Wildman–Crippen LogP) is 6.04. The van der Waals surface area contributed by atoms with Crippen molar-refractivity contribution < 1.29 is 0 Å². The van der Waals surface area contributed by atoms with Gasteiger partial charge in [0, 0.05) is 83.3 Å². The number of halogens is 1. The first-order chi connectivity index (χ1) is 13.6. The monoisotopic (exact) mass is 388 g/mol. The first-order valence-corrected chi connectivity index (χ1v) is 9.63. The summed E-state index contributed by atoms with van der Waals surface area (Å²) < 4.78 is 2.20. The van der Waals surface area contributed by atoms with E-state index in [2.05, 4.69) is 83.3 Å². The molecule has 0 unspecified atom stereocenters. The Morgan fingerprint density at radius 1 is 0.893 bits per heavy atom. The Hall–Kier alpha value is -3.11. The largest absolute Gasteiger partial charge is 0.366 e. The first-order valence-electron chi connectivity index (χ1n) is 9.25. The van der Waals surface area contributed by atoms with Gasteiger partial charge in [0.1, 0.15) is 5.82 Å². The average molecular weight is 389 g/mol. The number of rotatable bonds is 3. The van der Waals surface area contributed by atoms with Gasteiger partial charge in [-0.05, 0) is 24.3 Å². The number of benzene rings is 2. The summed E-state index contributed by atoms with van der Waals surface area (Å²) in [6, 6.07) is 14.6. The molecule has 0 aliphatic carbocycles. The van der Waals surface area contributed by atoms with Crippen molar-refractivity contribution in [3.63, 3.8) is 0 Å². The molecular weight excluding hydrogens is 368 g/mol. The highest BCUT2D eigenvalue weighted by molar-refractivity contribution is 6.35. The molecule has 0 spiro atoms. The van der Waals surface area contributed by atoms with Gasteiger partial charge in [0.2, 0.25) is 0 Å². The summed E-state index contributed by atoms with van der Waals surface area (Å²) in [6.07, 6.45) is 6.16. The molecule has 3 heterocycles. The van der Waals surface area contributed by atoms with Crippen LogP contribution in [0.3, 0.4) is 0 Å². The zero-order chi connectivity index (χ0) is 19.4. The van der Waals surface area contributed by atoms with Gasteiger partial charge in [-0.3, -0.25) is 0 Å². The fourth-order valence-electron chi connectivity index (χ4n) is 4.16. The molecular formula is C23H21ClN4. The van der Waals surface area contributed by atoms with E-state index in [1.807, 2.05) is 18.3 Å². The van der Waals surface area contributed by atoms with Crippen molar-refractivity contribution in [3.8, 4) is 22.3 Å². The number of nitrogens with zero attached hydrogens (tertiary/aromatic N) is 2. The second kappa shape index (κ2) is 6.21. The van der Waals surface area contributed by atoms with E-state index in [0.29, 0.717) is 0 Å². The van der Waals surface area contributed by atoms with E-state index in [1.54, 1.807) is 0 Å². The summed E-state index contributed by atoms with van der Waals surface area (Å²) in [5, 5.41) is 3.11. The van der Waals surface area contributed by atoms with Crippen LogP contribution in [0.15, 0.2) is 61.1 Å². The lowest BCUT2D eigenvalue weighted by atomic mass is 9.96. The standard InChI is InChI=1S/C23H21ClN4/c1-27(2)22-10-15-21(28(22)3)9-8-19(24)23(15)18-12-25-11-16(18)17-13-26-20-7-5-4-6-14(17)20/h4-13,25-26H,1-3H3. The van der Waals surface area contributed by atoms with Gasteiger partial charge in [0.15, 0.2) is 0 Å². The molecule has 4 nitrogen and oxygen atoms in total. The molecule has 5 aromatic rings. The lowest BCUT2D eigenvalue weighted by Crippen LogP contribution is -2.12. The molecule has 0 aliphatic heterocycles. The number of hydrogen-bond acceptors (Lipinski definition) is 1. The first kappa shape index (κ1) is 17.0. The summed E-state index contributed by atoms with van der Waals surface area (Å²) in [4.78, 5) is 8.79. The van der Waals surface area contributed by atoms with Gasteiger partial charge in [-0.1, -0.05) is 29.8 Å². The molecule has 3 aromatic heterocycles. The van der Waals surface area contributed by atoms with Gasteiger partial charge in [-0.25, -0.2) is 0 Å². The van der Waals surface area contributed by atoms with Crippen molar-refractivity contribution in [2.75, 3.05) is 19.0 Å². The minimum atomic E-state index is 0.754. The van der Waals surface area contributed by atoms with Gasteiger partial charge in [0.25, 0.3) is 0 Å². The van der Waals surface area contributed by atoms with Crippen molar-refractivity contribution in [1.82, 2.24) is 14.5 Å². The predicted molar refractivity (Wildman–Crippen MR) is 119 cm³/mol. The number of fused-ring (bicyclic) bond motifs is 2. The zero-order valence-electron chi connectivity index (χ0n) is 16.0. The Labute approximate surface area is 168 Å². The molecule has 0 bridgehead atoms. The number of para-hydroxylation sites is 1. The van der Waals surface area contributed by atoms with Crippen molar-refractivity contribution in [2.24, 2.45) is 7.05 Å². The summed E-state index contributed by atoms with van der Waals surface area (Å²) in [5.74, 6) is 1.14. The Morgan fingerprint density at radius 2 is 1.68 bits per heavy atom. The minimum Gasteiger partial charge on any atom is -0.366 e. The van der Waals surface area contributed by atoms with E-state index in [4.69, 9.17) is 11.6 Å². The highest BCUT2D eigenvalue weighted by atomic mass is 35.5. The molecule has 0 saturated heterocycles. The van der Waals surface area contributed by atoms with E-state index in [1.165, 1.54) is 10.9 Å². The fourth-order valence-corrected chi connectivity index (χ4v) is 4.43. The molecule has 5 rings (SSSR count). The normalized spacial score (nSPS) is 11.6. The van der Waals surface area contributed by atoms with E-state index < -0.39 is 0 Å². The molecule has 0 saturated carbocycles.